The molecular formula is C15H18F3N3. The number of likely N-dealkylation sites (tertiary alicyclic amines) is 1. The largest absolute Gasteiger partial charge is 0.418 e. The number of rotatable bonds is 3. The number of benzene rings is 1. The summed E-state index contributed by atoms with van der Waals surface area (Å²) in [5, 5.41) is 11.7. The Morgan fingerprint density at radius 2 is 2.00 bits per heavy atom. The highest BCUT2D eigenvalue weighted by atomic mass is 19.4. The van der Waals surface area contributed by atoms with Gasteiger partial charge in [0.1, 0.15) is 0 Å². The Morgan fingerprint density at radius 1 is 1.33 bits per heavy atom. The van der Waals surface area contributed by atoms with Crippen molar-refractivity contribution in [1.82, 2.24) is 4.90 Å². The first-order chi connectivity index (χ1) is 9.94. The number of nitrogens with one attached hydrogen (secondary N) is 1. The van der Waals surface area contributed by atoms with Crippen LogP contribution in [0.5, 0.6) is 0 Å². The van der Waals surface area contributed by atoms with Crippen LogP contribution in [-0.2, 0) is 6.18 Å². The van der Waals surface area contributed by atoms with E-state index in [0.717, 1.165) is 38.5 Å². The summed E-state index contributed by atoms with van der Waals surface area (Å²) in [6, 6.07) is 5.47. The number of hydrogen-bond donors (Lipinski definition) is 1. The minimum absolute atomic E-state index is 0.0219. The number of halogens is 3. The summed E-state index contributed by atoms with van der Waals surface area (Å²) in [4.78, 5) is 2.28. The normalized spacial score (nSPS) is 17.5. The topological polar surface area (TPSA) is 39.1 Å². The summed E-state index contributed by atoms with van der Waals surface area (Å²) in [6.45, 7) is 4.84. The Hall–Kier alpha value is -1.74. The van der Waals surface area contributed by atoms with Crippen molar-refractivity contribution in [2.45, 2.75) is 32.0 Å². The first-order valence-electron chi connectivity index (χ1n) is 7.04. The molecule has 0 unspecified atom stereocenters. The van der Waals surface area contributed by atoms with E-state index in [9.17, 15) is 13.2 Å². The number of alkyl halides is 3. The molecule has 0 radical (unpaired) electrons. The van der Waals surface area contributed by atoms with Gasteiger partial charge in [-0.1, -0.05) is 6.92 Å². The number of nitriles is 1. The van der Waals surface area contributed by atoms with Crippen molar-refractivity contribution >= 4 is 5.69 Å². The number of anilines is 1. The molecule has 114 valence electrons. The molecule has 3 nitrogen and oxygen atoms in total. The van der Waals surface area contributed by atoms with Gasteiger partial charge in [0, 0.05) is 24.8 Å². The van der Waals surface area contributed by atoms with Crippen LogP contribution in [0.1, 0.15) is 30.9 Å². The summed E-state index contributed by atoms with van der Waals surface area (Å²) in [7, 11) is 0. The van der Waals surface area contributed by atoms with Gasteiger partial charge in [0.2, 0.25) is 0 Å². The molecule has 0 aliphatic carbocycles. The van der Waals surface area contributed by atoms with Crippen molar-refractivity contribution in [3.8, 4) is 6.07 Å². The van der Waals surface area contributed by atoms with E-state index in [1.165, 1.54) is 12.1 Å². The number of nitrogens with zero attached hydrogens (tertiary/aromatic N) is 2. The average Bonchev–Trinajstić information content (AvgIpc) is 2.47. The molecule has 0 amide bonds. The second-order valence-electron chi connectivity index (χ2n) is 5.22. The molecule has 0 bridgehead atoms. The molecule has 0 atom stereocenters. The van der Waals surface area contributed by atoms with Crippen molar-refractivity contribution in [1.29, 1.82) is 5.26 Å². The lowest BCUT2D eigenvalue weighted by Crippen LogP contribution is -2.39. The summed E-state index contributed by atoms with van der Waals surface area (Å²) >= 11 is 0. The molecule has 1 aromatic rings. The van der Waals surface area contributed by atoms with Crippen LogP contribution in [0.3, 0.4) is 0 Å². The lowest BCUT2D eigenvalue weighted by atomic mass is 10.0. The minimum atomic E-state index is -4.46. The highest BCUT2D eigenvalue weighted by Gasteiger charge is 2.34. The summed E-state index contributed by atoms with van der Waals surface area (Å²) in [6.07, 6.45) is -2.81. The van der Waals surface area contributed by atoms with Crippen LogP contribution >= 0.6 is 0 Å². The van der Waals surface area contributed by atoms with Gasteiger partial charge in [0.15, 0.2) is 0 Å². The van der Waals surface area contributed by atoms with Crippen molar-refractivity contribution in [3.63, 3.8) is 0 Å². The molecule has 6 heteroatoms. The molecule has 1 aromatic carbocycles. The monoisotopic (exact) mass is 297 g/mol. The average molecular weight is 297 g/mol. The van der Waals surface area contributed by atoms with Gasteiger partial charge < -0.3 is 10.2 Å². The highest BCUT2D eigenvalue weighted by molar-refractivity contribution is 5.56. The van der Waals surface area contributed by atoms with Crippen LogP contribution in [0.4, 0.5) is 18.9 Å². The molecule has 1 N–H and O–H groups in total. The first-order valence-corrected chi connectivity index (χ1v) is 7.04. The second-order valence-corrected chi connectivity index (χ2v) is 5.22. The minimum Gasteiger partial charge on any atom is -0.382 e. The van der Waals surface area contributed by atoms with Gasteiger partial charge in [-0.25, -0.2) is 0 Å². The summed E-state index contributed by atoms with van der Waals surface area (Å²) in [5.41, 5.74) is -0.676. The van der Waals surface area contributed by atoms with Gasteiger partial charge >= 0.3 is 6.18 Å². The molecule has 0 aromatic heterocycles. The Labute approximate surface area is 122 Å². The molecule has 1 fully saturated rings. The van der Waals surface area contributed by atoms with Gasteiger partial charge in [-0.2, -0.15) is 18.4 Å². The third kappa shape index (κ3) is 3.88. The zero-order valence-corrected chi connectivity index (χ0v) is 11.9. The van der Waals surface area contributed by atoms with Crippen LogP contribution in [-0.4, -0.2) is 30.6 Å². The highest BCUT2D eigenvalue weighted by Crippen LogP contribution is 2.36. The van der Waals surface area contributed by atoms with E-state index >= 15 is 0 Å². The Kier molecular flexibility index (Phi) is 4.73. The van der Waals surface area contributed by atoms with E-state index < -0.39 is 11.7 Å². The number of hydrogen-bond acceptors (Lipinski definition) is 3. The predicted octanol–water partition coefficient (Wildman–Crippen LogP) is 3.47. The lowest BCUT2D eigenvalue weighted by Gasteiger charge is -2.32. The van der Waals surface area contributed by atoms with Gasteiger partial charge in [-0.05, 0) is 37.6 Å². The maximum atomic E-state index is 13.1. The van der Waals surface area contributed by atoms with Crippen molar-refractivity contribution < 1.29 is 13.2 Å². The molecular weight excluding hydrogens is 279 g/mol. The van der Waals surface area contributed by atoms with Crippen LogP contribution in [0, 0.1) is 11.3 Å². The van der Waals surface area contributed by atoms with Crippen LogP contribution in [0.25, 0.3) is 0 Å². The molecule has 1 aliphatic rings. The maximum Gasteiger partial charge on any atom is 0.418 e. The maximum absolute atomic E-state index is 13.1. The van der Waals surface area contributed by atoms with Gasteiger partial charge in [-0.15, -0.1) is 0 Å². The van der Waals surface area contributed by atoms with Crippen LogP contribution in [0.15, 0.2) is 18.2 Å². The lowest BCUT2D eigenvalue weighted by molar-refractivity contribution is -0.137. The molecule has 21 heavy (non-hydrogen) atoms. The van der Waals surface area contributed by atoms with Crippen LogP contribution in [0.2, 0.25) is 0 Å². The van der Waals surface area contributed by atoms with E-state index in [2.05, 4.69) is 17.1 Å². The third-order valence-corrected chi connectivity index (χ3v) is 3.85. The van der Waals surface area contributed by atoms with E-state index in [-0.39, 0.29) is 17.3 Å². The fraction of sp³-hybridized carbons (Fsp3) is 0.533. The Bertz CT molecular complexity index is 526. The van der Waals surface area contributed by atoms with Gasteiger partial charge in [0.25, 0.3) is 0 Å². The van der Waals surface area contributed by atoms with Gasteiger partial charge in [0.05, 0.1) is 17.2 Å². The second kappa shape index (κ2) is 6.35. The van der Waals surface area contributed by atoms with E-state index in [4.69, 9.17) is 5.26 Å². The van der Waals surface area contributed by atoms with Crippen molar-refractivity contribution in [2.24, 2.45) is 0 Å². The Morgan fingerprint density at radius 3 is 2.52 bits per heavy atom. The smallest absolute Gasteiger partial charge is 0.382 e. The molecule has 1 saturated heterocycles. The zero-order valence-electron chi connectivity index (χ0n) is 11.9. The molecule has 2 rings (SSSR count). The molecule has 1 aliphatic heterocycles. The van der Waals surface area contributed by atoms with Crippen molar-refractivity contribution in [3.05, 3.63) is 29.3 Å². The van der Waals surface area contributed by atoms with Crippen molar-refractivity contribution in [2.75, 3.05) is 25.0 Å². The van der Waals surface area contributed by atoms with Gasteiger partial charge in [-0.3, -0.25) is 0 Å². The molecule has 0 spiro atoms. The first kappa shape index (κ1) is 15.6. The van der Waals surface area contributed by atoms with E-state index in [1.807, 2.05) is 0 Å². The SMILES string of the molecule is CCN1CCC(Nc2ccc(C#N)cc2C(F)(F)F)CC1. The fourth-order valence-corrected chi connectivity index (χ4v) is 2.59. The summed E-state index contributed by atoms with van der Waals surface area (Å²) in [5.74, 6) is 0. The van der Waals surface area contributed by atoms with E-state index in [0.29, 0.717) is 0 Å². The van der Waals surface area contributed by atoms with Crippen LogP contribution < -0.4 is 5.32 Å². The molecule has 1 heterocycles. The third-order valence-electron chi connectivity index (χ3n) is 3.85. The summed E-state index contributed by atoms with van der Waals surface area (Å²) < 4.78 is 39.2. The zero-order chi connectivity index (χ0) is 15.5. The number of piperidine rings is 1. The molecule has 0 saturated carbocycles. The standard InChI is InChI=1S/C15H18F3N3/c1-2-21-7-5-12(6-8-21)20-14-4-3-11(10-19)9-13(14)15(16,17)18/h3-4,9,12,20H,2,5-8H2,1H3. The Balaban J connectivity index is 2.15. The predicted molar refractivity (Wildman–Crippen MR) is 74.9 cm³/mol. The quantitative estimate of drug-likeness (QED) is 0.928. The van der Waals surface area contributed by atoms with E-state index in [1.54, 1.807) is 6.07 Å². The fourth-order valence-electron chi connectivity index (χ4n) is 2.59.